The number of hydrogen-bond donors (Lipinski definition) is 2. The highest BCUT2D eigenvalue weighted by Crippen LogP contribution is 2.18. The second kappa shape index (κ2) is 5.29. The van der Waals surface area contributed by atoms with Crippen molar-refractivity contribution in [2.24, 2.45) is 0 Å². The van der Waals surface area contributed by atoms with E-state index < -0.39 is 0 Å². The molecule has 0 fully saturated rings. The van der Waals surface area contributed by atoms with Crippen molar-refractivity contribution < 1.29 is 0 Å². The number of benzene rings is 1. The number of aromatic nitrogens is 1. The molecule has 0 radical (unpaired) electrons. The maximum Gasteiger partial charge on any atom is 0.267 e. The Hall–Kier alpha value is -1.71. The predicted molar refractivity (Wildman–Crippen MR) is 76.9 cm³/mol. The first kappa shape index (κ1) is 12.7. The van der Waals surface area contributed by atoms with Crippen LogP contribution in [0, 0.1) is 0 Å². The summed E-state index contributed by atoms with van der Waals surface area (Å²) in [6.45, 7) is 0. The molecule has 0 atom stereocenters. The Balaban J connectivity index is 2.35. The maximum atomic E-state index is 11.4. The van der Waals surface area contributed by atoms with Crippen molar-refractivity contribution in [1.82, 2.24) is 4.98 Å². The van der Waals surface area contributed by atoms with E-state index in [-0.39, 0.29) is 10.6 Å². The van der Waals surface area contributed by atoms with Crippen LogP contribution in [0.3, 0.4) is 0 Å². The highest BCUT2D eigenvalue weighted by molar-refractivity contribution is 6.35. The smallest absolute Gasteiger partial charge is 0.267 e. The average Bonchev–Trinajstić information content (AvgIpc) is 2.32. The third-order valence-corrected chi connectivity index (χ3v) is 2.92. The van der Waals surface area contributed by atoms with E-state index in [4.69, 9.17) is 28.9 Å². The highest BCUT2D eigenvalue weighted by Gasteiger charge is 2.02. The van der Waals surface area contributed by atoms with Crippen molar-refractivity contribution in [2.45, 2.75) is 0 Å². The van der Waals surface area contributed by atoms with E-state index in [2.05, 4.69) is 4.98 Å². The van der Waals surface area contributed by atoms with Gasteiger partial charge in [0.25, 0.3) is 5.56 Å². The molecule has 5 heteroatoms. The zero-order chi connectivity index (χ0) is 13.1. The minimum atomic E-state index is -0.367. The van der Waals surface area contributed by atoms with Gasteiger partial charge in [-0.25, -0.2) is 0 Å². The van der Waals surface area contributed by atoms with E-state index in [1.165, 1.54) is 6.07 Å². The zero-order valence-electron chi connectivity index (χ0n) is 9.28. The number of H-pyrrole nitrogens is 1. The monoisotopic (exact) mass is 280 g/mol. The van der Waals surface area contributed by atoms with Gasteiger partial charge in [-0.3, -0.25) is 4.79 Å². The molecule has 1 aromatic carbocycles. The number of nitrogen functional groups attached to an aromatic ring is 1. The van der Waals surface area contributed by atoms with Crippen LogP contribution in [0.1, 0.15) is 11.3 Å². The minimum Gasteiger partial charge on any atom is -0.399 e. The Kier molecular flexibility index (Phi) is 3.75. The van der Waals surface area contributed by atoms with Crippen LogP contribution >= 0.6 is 23.2 Å². The van der Waals surface area contributed by atoms with Gasteiger partial charge >= 0.3 is 0 Å². The summed E-state index contributed by atoms with van der Waals surface area (Å²) in [5, 5.41) is 0.459. The molecule has 0 aliphatic rings. The lowest BCUT2D eigenvalue weighted by atomic mass is 10.2. The van der Waals surface area contributed by atoms with Crippen LogP contribution in [-0.2, 0) is 0 Å². The van der Waals surface area contributed by atoms with Crippen molar-refractivity contribution >= 4 is 41.0 Å². The number of hydrogen-bond acceptors (Lipinski definition) is 2. The summed E-state index contributed by atoms with van der Waals surface area (Å²) in [6, 6.07) is 8.78. The number of rotatable bonds is 2. The fraction of sp³-hybridized carbons (Fsp3) is 0. The molecule has 92 valence electrons. The van der Waals surface area contributed by atoms with Gasteiger partial charge in [-0.05, 0) is 29.8 Å². The molecular formula is C13H10Cl2N2O. The molecule has 0 saturated carbocycles. The standard InChI is InChI=1S/C13H10Cl2N2O/c14-10-7-11(15)13(18)17-12(10)5-4-8-2-1-3-9(16)6-8/h1-7H,16H2,(H,17,18)/b5-4+. The van der Waals surface area contributed by atoms with Crippen LogP contribution in [0.5, 0.6) is 0 Å². The van der Waals surface area contributed by atoms with Crippen LogP contribution in [0.4, 0.5) is 5.69 Å². The summed E-state index contributed by atoms with van der Waals surface area (Å²) in [5.41, 5.74) is 7.40. The quantitative estimate of drug-likeness (QED) is 0.828. The average molecular weight is 281 g/mol. The molecule has 0 aliphatic carbocycles. The molecule has 3 nitrogen and oxygen atoms in total. The molecule has 1 aromatic heterocycles. The lowest BCUT2D eigenvalue weighted by Gasteiger charge is -1.99. The van der Waals surface area contributed by atoms with Crippen LogP contribution in [0.15, 0.2) is 35.1 Å². The van der Waals surface area contributed by atoms with Gasteiger partial charge in [0.15, 0.2) is 0 Å². The summed E-state index contributed by atoms with van der Waals surface area (Å²) >= 11 is 11.6. The predicted octanol–water partition coefficient (Wildman–Crippen LogP) is 3.43. The number of nitrogens with two attached hydrogens (primary N) is 1. The largest absolute Gasteiger partial charge is 0.399 e. The lowest BCUT2D eigenvalue weighted by molar-refractivity contribution is 1.21. The third-order valence-electron chi connectivity index (χ3n) is 2.33. The van der Waals surface area contributed by atoms with E-state index >= 15 is 0 Å². The zero-order valence-corrected chi connectivity index (χ0v) is 10.8. The Morgan fingerprint density at radius 1 is 1.11 bits per heavy atom. The van der Waals surface area contributed by atoms with Gasteiger partial charge in [0.05, 0.1) is 10.7 Å². The number of halogens is 2. The van der Waals surface area contributed by atoms with Gasteiger partial charge in [-0.1, -0.05) is 41.4 Å². The molecule has 0 saturated heterocycles. The maximum absolute atomic E-state index is 11.4. The van der Waals surface area contributed by atoms with E-state index in [1.807, 2.05) is 18.2 Å². The molecule has 2 rings (SSSR count). The molecule has 18 heavy (non-hydrogen) atoms. The number of pyridine rings is 1. The molecule has 2 aromatic rings. The third kappa shape index (κ3) is 2.94. The normalized spacial score (nSPS) is 11.0. The van der Waals surface area contributed by atoms with Crippen molar-refractivity contribution in [1.29, 1.82) is 0 Å². The summed E-state index contributed by atoms with van der Waals surface area (Å²) in [6.07, 6.45) is 3.51. The topological polar surface area (TPSA) is 58.9 Å². The van der Waals surface area contributed by atoms with Gasteiger partial charge in [0.1, 0.15) is 5.02 Å². The van der Waals surface area contributed by atoms with Crippen LogP contribution in [0.25, 0.3) is 12.2 Å². The van der Waals surface area contributed by atoms with E-state index in [0.717, 1.165) is 5.56 Å². The van der Waals surface area contributed by atoms with Gasteiger partial charge in [0, 0.05) is 5.69 Å². The van der Waals surface area contributed by atoms with Crippen LogP contribution < -0.4 is 11.3 Å². The first-order valence-corrected chi connectivity index (χ1v) is 5.94. The SMILES string of the molecule is Nc1cccc(/C=C/c2[nH]c(=O)c(Cl)cc2Cl)c1. The van der Waals surface area contributed by atoms with Crippen LogP contribution in [-0.4, -0.2) is 4.98 Å². The van der Waals surface area contributed by atoms with E-state index in [1.54, 1.807) is 18.2 Å². The Labute approximate surface area is 114 Å². The van der Waals surface area contributed by atoms with Crippen molar-refractivity contribution in [3.8, 4) is 0 Å². The molecule has 0 amide bonds. The molecule has 0 bridgehead atoms. The van der Waals surface area contributed by atoms with Crippen molar-refractivity contribution in [2.75, 3.05) is 5.73 Å². The van der Waals surface area contributed by atoms with Crippen molar-refractivity contribution in [3.05, 3.63) is 62.0 Å². The van der Waals surface area contributed by atoms with Crippen molar-refractivity contribution in [3.63, 3.8) is 0 Å². The first-order valence-electron chi connectivity index (χ1n) is 5.18. The van der Waals surface area contributed by atoms with E-state index in [0.29, 0.717) is 16.4 Å². The Bertz CT molecular complexity index is 662. The molecule has 0 aliphatic heterocycles. The fourth-order valence-corrected chi connectivity index (χ4v) is 1.89. The van der Waals surface area contributed by atoms with Gasteiger partial charge < -0.3 is 10.7 Å². The fourth-order valence-electron chi connectivity index (χ4n) is 1.46. The van der Waals surface area contributed by atoms with Gasteiger partial charge in [-0.2, -0.15) is 0 Å². The molecule has 3 N–H and O–H groups in total. The highest BCUT2D eigenvalue weighted by atomic mass is 35.5. The first-order chi connectivity index (χ1) is 8.56. The molecule has 0 spiro atoms. The van der Waals surface area contributed by atoms with Gasteiger partial charge in [-0.15, -0.1) is 0 Å². The Morgan fingerprint density at radius 3 is 2.61 bits per heavy atom. The summed E-state index contributed by atoms with van der Waals surface area (Å²) in [4.78, 5) is 13.9. The molecule has 1 heterocycles. The van der Waals surface area contributed by atoms with Crippen LogP contribution in [0.2, 0.25) is 10.0 Å². The Morgan fingerprint density at radius 2 is 1.89 bits per heavy atom. The summed E-state index contributed by atoms with van der Waals surface area (Å²) in [7, 11) is 0. The summed E-state index contributed by atoms with van der Waals surface area (Å²) < 4.78 is 0. The number of aromatic amines is 1. The number of anilines is 1. The minimum absolute atomic E-state index is 0.0705. The second-order valence-electron chi connectivity index (χ2n) is 3.71. The molecular weight excluding hydrogens is 271 g/mol. The second-order valence-corrected chi connectivity index (χ2v) is 4.53. The number of nitrogens with one attached hydrogen (secondary N) is 1. The summed E-state index contributed by atoms with van der Waals surface area (Å²) in [5.74, 6) is 0. The molecule has 0 unspecified atom stereocenters. The lowest BCUT2D eigenvalue weighted by Crippen LogP contribution is -2.07. The van der Waals surface area contributed by atoms with Gasteiger partial charge in [0.2, 0.25) is 0 Å². The van der Waals surface area contributed by atoms with E-state index in [9.17, 15) is 4.79 Å².